The van der Waals surface area contributed by atoms with Gasteiger partial charge in [-0.25, -0.2) is 0 Å². The summed E-state index contributed by atoms with van der Waals surface area (Å²) in [4.78, 5) is 11.2. The van der Waals surface area contributed by atoms with Gasteiger partial charge in [-0.1, -0.05) is 32.9 Å². The van der Waals surface area contributed by atoms with Crippen molar-refractivity contribution < 1.29 is 9.53 Å². The molecule has 0 saturated heterocycles. The molecule has 82 valence electrons. The fraction of sp³-hybridized carbons (Fsp3) is 0.462. The van der Waals surface area contributed by atoms with Crippen LogP contribution in [0.1, 0.15) is 44.2 Å². The van der Waals surface area contributed by atoms with E-state index in [9.17, 15) is 4.79 Å². The van der Waals surface area contributed by atoms with E-state index in [-0.39, 0.29) is 5.97 Å². The van der Waals surface area contributed by atoms with Gasteiger partial charge in [-0.05, 0) is 30.0 Å². The molecule has 1 aromatic rings. The molecule has 0 N–H and O–H groups in total. The largest absolute Gasteiger partial charge is 0.426 e. The Morgan fingerprint density at radius 1 is 1.40 bits per heavy atom. The Morgan fingerprint density at radius 2 is 2.07 bits per heavy atom. The number of rotatable bonds is 3. The van der Waals surface area contributed by atoms with Crippen LogP contribution in [0.5, 0.6) is 5.75 Å². The molecular weight excluding hydrogens is 188 g/mol. The van der Waals surface area contributed by atoms with Crippen LogP contribution >= 0.6 is 0 Å². The third-order valence-electron chi connectivity index (χ3n) is 2.39. The molecule has 15 heavy (non-hydrogen) atoms. The number of carbonyl (C=O) groups is 1. The third kappa shape index (κ3) is 3.08. The maximum atomic E-state index is 11.2. The summed E-state index contributed by atoms with van der Waals surface area (Å²) >= 11 is 0. The van der Waals surface area contributed by atoms with Gasteiger partial charge in [0, 0.05) is 6.42 Å². The first kappa shape index (κ1) is 11.8. The number of hydrogen-bond acceptors (Lipinski definition) is 2. The molecule has 0 spiro atoms. The van der Waals surface area contributed by atoms with Crippen molar-refractivity contribution in [3.8, 4) is 5.75 Å². The normalized spacial score (nSPS) is 10.5. The SMILES string of the molecule is CCC(=O)Oc1cc(C(C)C)ccc1C. The van der Waals surface area contributed by atoms with E-state index in [0.717, 1.165) is 5.56 Å². The molecule has 0 saturated carbocycles. The smallest absolute Gasteiger partial charge is 0.310 e. The summed E-state index contributed by atoms with van der Waals surface area (Å²) in [7, 11) is 0. The van der Waals surface area contributed by atoms with E-state index in [1.165, 1.54) is 5.56 Å². The van der Waals surface area contributed by atoms with Gasteiger partial charge in [0.1, 0.15) is 5.75 Å². The molecule has 0 atom stereocenters. The Bertz CT molecular complexity index is 354. The van der Waals surface area contributed by atoms with Crippen molar-refractivity contribution in [1.82, 2.24) is 0 Å². The summed E-state index contributed by atoms with van der Waals surface area (Å²) in [5.41, 5.74) is 2.20. The molecule has 0 heterocycles. The van der Waals surface area contributed by atoms with Gasteiger partial charge in [-0.15, -0.1) is 0 Å². The molecule has 0 bridgehead atoms. The summed E-state index contributed by atoms with van der Waals surface area (Å²) < 4.78 is 5.25. The molecule has 0 radical (unpaired) electrons. The molecule has 0 fully saturated rings. The van der Waals surface area contributed by atoms with Gasteiger partial charge in [0.05, 0.1) is 0 Å². The van der Waals surface area contributed by atoms with Gasteiger partial charge in [0.25, 0.3) is 0 Å². The number of esters is 1. The standard InChI is InChI=1S/C13H18O2/c1-5-13(14)15-12-8-11(9(2)3)7-6-10(12)4/h6-9H,5H2,1-4H3. The molecule has 2 heteroatoms. The number of ether oxygens (including phenoxy) is 1. The van der Waals surface area contributed by atoms with E-state index < -0.39 is 0 Å². The van der Waals surface area contributed by atoms with Crippen LogP contribution in [-0.2, 0) is 4.79 Å². The van der Waals surface area contributed by atoms with Crippen molar-refractivity contribution in [2.24, 2.45) is 0 Å². The van der Waals surface area contributed by atoms with E-state index in [2.05, 4.69) is 19.9 Å². The van der Waals surface area contributed by atoms with Crippen LogP contribution in [0.2, 0.25) is 0 Å². The lowest BCUT2D eigenvalue weighted by Gasteiger charge is -2.10. The third-order valence-corrected chi connectivity index (χ3v) is 2.39. The highest BCUT2D eigenvalue weighted by atomic mass is 16.5. The molecule has 0 unspecified atom stereocenters. The Morgan fingerprint density at radius 3 is 2.60 bits per heavy atom. The van der Waals surface area contributed by atoms with E-state index in [1.807, 2.05) is 19.1 Å². The monoisotopic (exact) mass is 206 g/mol. The lowest BCUT2D eigenvalue weighted by molar-refractivity contribution is -0.134. The molecule has 0 aliphatic carbocycles. The first-order valence-corrected chi connectivity index (χ1v) is 5.35. The van der Waals surface area contributed by atoms with Gasteiger partial charge in [-0.2, -0.15) is 0 Å². The molecule has 0 aliphatic heterocycles. The molecule has 1 rings (SSSR count). The highest BCUT2D eigenvalue weighted by Crippen LogP contribution is 2.24. The van der Waals surface area contributed by atoms with E-state index in [4.69, 9.17) is 4.74 Å². The summed E-state index contributed by atoms with van der Waals surface area (Å²) in [5, 5.41) is 0. The average Bonchev–Trinajstić information content (AvgIpc) is 2.20. The second-order valence-electron chi connectivity index (χ2n) is 4.01. The predicted molar refractivity (Wildman–Crippen MR) is 61.2 cm³/mol. The highest BCUT2D eigenvalue weighted by molar-refractivity contribution is 5.72. The fourth-order valence-corrected chi connectivity index (χ4v) is 1.28. The van der Waals surface area contributed by atoms with Crippen LogP contribution in [0.3, 0.4) is 0 Å². The molecular formula is C13H18O2. The maximum Gasteiger partial charge on any atom is 0.310 e. The zero-order valence-corrected chi connectivity index (χ0v) is 9.83. The van der Waals surface area contributed by atoms with Crippen molar-refractivity contribution in [3.63, 3.8) is 0 Å². The second-order valence-corrected chi connectivity index (χ2v) is 4.01. The second kappa shape index (κ2) is 4.96. The fourth-order valence-electron chi connectivity index (χ4n) is 1.28. The Balaban J connectivity index is 2.95. The van der Waals surface area contributed by atoms with Crippen molar-refractivity contribution in [2.75, 3.05) is 0 Å². The molecule has 0 aliphatic rings. The van der Waals surface area contributed by atoms with Crippen LogP contribution in [0.15, 0.2) is 18.2 Å². The van der Waals surface area contributed by atoms with Crippen LogP contribution in [0.25, 0.3) is 0 Å². The number of benzene rings is 1. The van der Waals surface area contributed by atoms with Gasteiger partial charge in [-0.3, -0.25) is 4.79 Å². The summed E-state index contributed by atoms with van der Waals surface area (Å²) in [6.07, 6.45) is 0.408. The van der Waals surface area contributed by atoms with E-state index in [0.29, 0.717) is 18.1 Å². The summed E-state index contributed by atoms with van der Waals surface area (Å²) in [6, 6.07) is 6.02. The summed E-state index contributed by atoms with van der Waals surface area (Å²) in [6.45, 7) is 7.98. The van der Waals surface area contributed by atoms with E-state index >= 15 is 0 Å². The Kier molecular flexibility index (Phi) is 3.89. The number of carbonyl (C=O) groups excluding carboxylic acids is 1. The average molecular weight is 206 g/mol. The van der Waals surface area contributed by atoms with Crippen molar-refractivity contribution in [2.45, 2.75) is 40.0 Å². The van der Waals surface area contributed by atoms with Gasteiger partial charge < -0.3 is 4.74 Å². The predicted octanol–water partition coefficient (Wildman–Crippen LogP) is 3.43. The van der Waals surface area contributed by atoms with Crippen molar-refractivity contribution in [1.29, 1.82) is 0 Å². The maximum absolute atomic E-state index is 11.2. The first-order chi connectivity index (χ1) is 7.04. The Labute approximate surface area is 91.3 Å². The van der Waals surface area contributed by atoms with Crippen LogP contribution < -0.4 is 4.74 Å². The number of aryl methyl sites for hydroxylation is 1. The van der Waals surface area contributed by atoms with Crippen molar-refractivity contribution >= 4 is 5.97 Å². The molecule has 0 amide bonds. The van der Waals surface area contributed by atoms with Gasteiger partial charge in [0.2, 0.25) is 0 Å². The summed E-state index contributed by atoms with van der Waals surface area (Å²) in [5.74, 6) is 0.955. The lowest BCUT2D eigenvalue weighted by Crippen LogP contribution is -2.07. The topological polar surface area (TPSA) is 26.3 Å². The van der Waals surface area contributed by atoms with Crippen LogP contribution in [-0.4, -0.2) is 5.97 Å². The van der Waals surface area contributed by atoms with Crippen LogP contribution in [0, 0.1) is 6.92 Å². The molecule has 1 aromatic carbocycles. The molecule has 2 nitrogen and oxygen atoms in total. The quantitative estimate of drug-likeness (QED) is 0.559. The first-order valence-electron chi connectivity index (χ1n) is 5.35. The zero-order valence-electron chi connectivity index (χ0n) is 9.83. The minimum Gasteiger partial charge on any atom is -0.426 e. The minimum absolute atomic E-state index is 0.181. The highest BCUT2D eigenvalue weighted by Gasteiger charge is 2.07. The molecule has 0 aromatic heterocycles. The minimum atomic E-state index is -0.181. The van der Waals surface area contributed by atoms with E-state index in [1.54, 1.807) is 6.92 Å². The lowest BCUT2D eigenvalue weighted by atomic mass is 10.0. The van der Waals surface area contributed by atoms with Crippen LogP contribution in [0.4, 0.5) is 0 Å². The van der Waals surface area contributed by atoms with Crippen molar-refractivity contribution in [3.05, 3.63) is 29.3 Å². The Hall–Kier alpha value is -1.31. The number of hydrogen-bond donors (Lipinski definition) is 0. The van der Waals surface area contributed by atoms with Gasteiger partial charge in [0.15, 0.2) is 0 Å². The van der Waals surface area contributed by atoms with Gasteiger partial charge >= 0.3 is 5.97 Å². The zero-order chi connectivity index (χ0) is 11.4.